The van der Waals surface area contributed by atoms with Crippen LogP contribution in [0.1, 0.15) is 40.8 Å². The summed E-state index contributed by atoms with van der Waals surface area (Å²) in [5.74, 6) is 0.237. The molecule has 0 fully saturated rings. The molecule has 5 nitrogen and oxygen atoms in total. The number of fused-ring (bicyclic) bond motifs is 1. The zero-order chi connectivity index (χ0) is 15.0. The summed E-state index contributed by atoms with van der Waals surface area (Å²) in [7, 11) is 1.89. The van der Waals surface area contributed by atoms with Crippen LogP contribution >= 0.6 is 11.5 Å². The molecule has 0 aliphatic rings. The van der Waals surface area contributed by atoms with Crippen LogP contribution in [0.5, 0.6) is 0 Å². The minimum Gasteiger partial charge on any atom is -0.293 e. The third-order valence-corrected chi connectivity index (χ3v) is 4.26. The fourth-order valence-corrected chi connectivity index (χ4v) is 3.17. The van der Waals surface area contributed by atoms with Gasteiger partial charge in [0.05, 0.1) is 23.3 Å². The maximum Gasteiger partial charge on any atom is 0.182 e. The molecule has 0 saturated heterocycles. The summed E-state index contributed by atoms with van der Waals surface area (Å²) < 4.78 is 5.73. The number of aryl methyl sites for hydroxylation is 1. The van der Waals surface area contributed by atoms with Gasteiger partial charge in [0.15, 0.2) is 5.78 Å². The second-order valence-corrected chi connectivity index (χ2v) is 6.08. The molecule has 0 unspecified atom stereocenters. The predicted molar refractivity (Wildman–Crippen MR) is 82.7 cm³/mol. The second kappa shape index (κ2) is 5.37. The van der Waals surface area contributed by atoms with Gasteiger partial charge in [0.2, 0.25) is 0 Å². The summed E-state index contributed by atoms with van der Waals surface area (Å²) >= 11 is 1.17. The Morgan fingerprint density at radius 1 is 1.33 bits per heavy atom. The van der Waals surface area contributed by atoms with Crippen LogP contribution in [-0.2, 0) is 13.5 Å². The molecule has 0 atom stereocenters. The maximum atomic E-state index is 12.5. The summed E-state index contributed by atoms with van der Waals surface area (Å²) in [5, 5.41) is 9.57. The van der Waals surface area contributed by atoms with Crippen molar-refractivity contribution in [2.45, 2.75) is 26.2 Å². The number of rotatable bonds is 4. The second-order valence-electron chi connectivity index (χ2n) is 5.33. The molecule has 3 rings (SSSR count). The summed E-state index contributed by atoms with van der Waals surface area (Å²) in [6.45, 7) is 4.04. The molecule has 6 heteroatoms. The molecule has 108 valence electrons. The molecule has 0 aliphatic carbocycles. The lowest BCUT2D eigenvalue weighted by Crippen LogP contribution is -2.07. The van der Waals surface area contributed by atoms with Gasteiger partial charge in [0.1, 0.15) is 4.88 Å². The molecule has 0 bridgehead atoms. The van der Waals surface area contributed by atoms with E-state index in [4.69, 9.17) is 0 Å². The highest BCUT2D eigenvalue weighted by atomic mass is 32.1. The Labute approximate surface area is 126 Å². The molecule has 0 N–H and O–H groups in total. The molecule has 2 aromatic heterocycles. The number of carbonyl (C=O) groups is 1. The van der Waals surface area contributed by atoms with Gasteiger partial charge in [0, 0.05) is 12.4 Å². The van der Waals surface area contributed by atoms with E-state index in [1.165, 1.54) is 11.5 Å². The Kier molecular flexibility index (Phi) is 3.55. The molecule has 21 heavy (non-hydrogen) atoms. The van der Waals surface area contributed by atoms with Gasteiger partial charge in [0.25, 0.3) is 0 Å². The van der Waals surface area contributed by atoms with Crippen LogP contribution in [0, 0.1) is 0 Å². The number of carbonyl (C=O) groups excluding carboxylic acids is 1. The number of para-hydroxylation sites is 1. The minimum absolute atomic E-state index is 0.0394. The largest absolute Gasteiger partial charge is 0.293 e. The number of benzene rings is 1. The SMILES string of the molecule is CC(C)c1nnsc1C(=O)Cc1nn(C)c2ccccc12. The molecule has 0 radical (unpaired) electrons. The van der Waals surface area contributed by atoms with E-state index in [2.05, 4.69) is 14.7 Å². The van der Waals surface area contributed by atoms with Crippen LogP contribution in [0.4, 0.5) is 0 Å². The van der Waals surface area contributed by atoms with Gasteiger partial charge in [-0.3, -0.25) is 9.48 Å². The molecule has 1 aromatic carbocycles. The van der Waals surface area contributed by atoms with Crippen LogP contribution in [0.2, 0.25) is 0 Å². The van der Waals surface area contributed by atoms with Gasteiger partial charge in [-0.2, -0.15) is 5.10 Å². The Morgan fingerprint density at radius 2 is 2.10 bits per heavy atom. The predicted octanol–water partition coefficient (Wildman–Crippen LogP) is 2.97. The summed E-state index contributed by atoms with van der Waals surface area (Å²) in [5.41, 5.74) is 2.62. The van der Waals surface area contributed by atoms with Gasteiger partial charge in [-0.05, 0) is 23.5 Å². The highest BCUT2D eigenvalue weighted by Crippen LogP contribution is 2.23. The highest BCUT2D eigenvalue weighted by Gasteiger charge is 2.21. The molecule has 2 heterocycles. The Hall–Kier alpha value is -2.08. The van der Waals surface area contributed by atoms with Crippen LogP contribution in [0.15, 0.2) is 24.3 Å². The van der Waals surface area contributed by atoms with E-state index in [0.717, 1.165) is 22.3 Å². The summed E-state index contributed by atoms with van der Waals surface area (Å²) in [6.07, 6.45) is 0.283. The topological polar surface area (TPSA) is 60.7 Å². The fraction of sp³-hybridized carbons (Fsp3) is 0.333. The smallest absolute Gasteiger partial charge is 0.182 e. The van der Waals surface area contributed by atoms with Crippen molar-refractivity contribution < 1.29 is 4.79 Å². The Morgan fingerprint density at radius 3 is 2.86 bits per heavy atom. The van der Waals surface area contributed by atoms with Gasteiger partial charge in [-0.1, -0.05) is 36.5 Å². The first kappa shape index (κ1) is 13.9. The third-order valence-electron chi connectivity index (χ3n) is 3.48. The molecule has 0 aliphatic heterocycles. The van der Waals surface area contributed by atoms with Crippen molar-refractivity contribution in [3.63, 3.8) is 0 Å². The average Bonchev–Trinajstić information content (AvgIpc) is 3.06. The van der Waals surface area contributed by atoms with Gasteiger partial charge in [-0.15, -0.1) is 5.10 Å². The van der Waals surface area contributed by atoms with Crippen LogP contribution in [0.3, 0.4) is 0 Å². The number of nitrogens with zero attached hydrogens (tertiary/aromatic N) is 4. The van der Waals surface area contributed by atoms with Crippen molar-refractivity contribution in [2.24, 2.45) is 7.05 Å². The molecular weight excluding hydrogens is 284 g/mol. The van der Waals surface area contributed by atoms with Crippen molar-refractivity contribution in [1.29, 1.82) is 0 Å². The molecule has 0 amide bonds. The van der Waals surface area contributed by atoms with Crippen molar-refractivity contribution in [3.8, 4) is 0 Å². The lowest BCUT2D eigenvalue weighted by molar-refractivity contribution is 0.0994. The van der Waals surface area contributed by atoms with Gasteiger partial charge < -0.3 is 0 Å². The number of aromatic nitrogens is 4. The Bertz CT molecular complexity index is 803. The average molecular weight is 300 g/mol. The van der Waals surface area contributed by atoms with Crippen molar-refractivity contribution in [1.82, 2.24) is 19.4 Å². The summed E-state index contributed by atoms with van der Waals surface area (Å²) in [4.78, 5) is 13.2. The molecule has 0 spiro atoms. The normalized spacial score (nSPS) is 11.4. The monoisotopic (exact) mass is 300 g/mol. The number of hydrogen-bond donors (Lipinski definition) is 0. The minimum atomic E-state index is 0.0394. The Balaban J connectivity index is 1.95. The van der Waals surface area contributed by atoms with Crippen molar-refractivity contribution in [2.75, 3.05) is 0 Å². The number of Topliss-reactive ketones (excluding diaryl/α,β-unsaturated/α-hetero) is 1. The first-order valence-electron chi connectivity index (χ1n) is 6.84. The lowest BCUT2D eigenvalue weighted by atomic mass is 10.0. The van der Waals surface area contributed by atoms with E-state index >= 15 is 0 Å². The van der Waals surface area contributed by atoms with Gasteiger partial charge in [-0.25, -0.2) is 0 Å². The summed E-state index contributed by atoms with van der Waals surface area (Å²) in [6, 6.07) is 7.94. The van der Waals surface area contributed by atoms with E-state index in [9.17, 15) is 4.79 Å². The number of hydrogen-bond acceptors (Lipinski definition) is 5. The zero-order valence-corrected chi connectivity index (χ0v) is 13.0. The van der Waals surface area contributed by atoms with Gasteiger partial charge >= 0.3 is 0 Å². The lowest BCUT2D eigenvalue weighted by Gasteiger charge is -2.02. The van der Waals surface area contributed by atoms with Crippen LogP contribution in [0.25, 0.3) is 10.9 Å². The third kappa shape index (κ3) is 2.47. The van der Waals surface area contributed by atoms with Crippen LogP contribution < -0.4 is 0 Å². The van der Waals surface area contributed by atoms with Crippen molar-refractivity contribution >= 4 is 28.2 Å². The van der Waals surface area contributed by atoms with Crippen LogP contribution in [-0.4, -0.2) is 25.2 Å². The first-order chi connectivity index (χ1) is 10.1. The first-order valence-corrected chi connectivity index (χ1v) is 7.61. The molecular formula is C15H16N4OS. The molecule has 0 saturated carbocycles. The van der Waals surface area contributed by atoms with E-state index in [1.807, 2.05) is 49.8 Å². The fourth-order valence-electron chi connectivity index (χ4n) is 2.42. The van der Waals surface area contributed by atoms with E-state index < -0.39 is 0 Å². The van der Waals surface area contributed by atoms with E-state index in [-0.39, 0.29) is 18.1 Å². The van der Waals surface area contributed by atoms with E-state index in [0.29, 0.717) is 4.88 Å². The zero-order valence-electron chi connectivity index (χ0n) is 12.2. The van der Waals surface area contributed by atoms with Crippen molar-refractivity contribution in [3.05, 3.63) is 40.5 Å². The quantitative estimate of drug-likeness (QED) is 0.695. The standard InChI is InChI=1S/C15H16N4OS/c1-9(2)14-15(21-18-16-14)13(20)8-11-10-6-4-5-7-12(10)19(3)17-11/h4-7,9H,8H2,1-3H3. The highest BCUT2D eigenvalue weighted by molar-refractivity contribution is 7.08. The van der Waals surface area contributed by atoms with E-state index in [1.54, 1.807) is 0 Å². The molecule has 3 aromatic rings. The maximum absolute atomic E-state index is 12.5. The number of ketones is 1.